The van der Waals surface area contributed by atoms with Gasteiger partial charge in [-0.1, -0.05) is 11.8 Å². The number of thioether (sulfide) groups is 1. The Morgan fingerprint density at radius 3 is 2.95 bits per heavy atom. The van der Waals surface area contributed by atoms with Crippen LogP contribution >= 0.6 is 11.8 Å². The maximum absolute atomic E-state index is 11.7. The number of H-pyrrole nitrogens is 1. The normalized spacial score (nSPS) is 17.9. The van der Waals surface area contributed by atoms with Crippen molar-refractivity contribution >= 4 is 17.4 Å². The third-order valence-electron chi connectivity index (χ3n) is 3.49. The highest BCUT2D eigenvalue weighted by atomic mass is 32.2. The SMILES string of the molecule is CN1CCN(CCSc2nc3ccnn3c(=O)[nH]2)CC1. The van der Waals surface area contributed by atoms with Gasteiger partial charge in [0.15, 0.2) is 10.8 Å². The molecule has 8 heteroatoms. The Labute approximate surface area is 121 Å². The Morgan fingerprint density at radius 1 is 1.35 bits per heavy atom. The number of hydrogen-bond donors (Lipinski definition) is 1. The van der Waals surface area contributed by atoms with Gasteiger partial charge in [-0.15, -0.1) is 0 Å². The summed E-state index contributed by atoms with van der Waals surface area (Å²) >= 11 is 1.58. The van der Waals surface area contributed by atoms with Crippen LogP contribution in [0.25, 0.3) is 5.65 Å². The molecule has 3 rings (SSSR count). The molecular weight excluding hydrogens is 276 g/mol. The molecule has 0 amide bonds. The minimum absolute atomic E-state index is 0.234. The van der Waals surface area contributed by atoms with E-state index in [-0.39, 0.29) is 5.69 Å². The van der Waals surface area contributed by atoms with Crippen molar-refractivity contribution in [1.82, 2.24) is 29.4 Å². The van der Waals surface area contributed by atoms with Gasteiger partial charge in [-0.05, 0) is 7.05 Å². The fraction of sp³-hybridized carbons (Fsp3) is 0.583. The molecule has 1 N–H and O–H groups in total. The van der Waals surface area contributed by atoms with Crippen LogP contribution in [0.4, 0.5) is 0 Å². The standard InChI is InChI=1S/C12H18N6OS/c1-16-4-6-17(7-5-16)8-9-20-11-14-10-2-3-13-18(10)12(19)15-11/h2-3H,4-9H2,1H3,(H,14,15,19). The molecule has 0 saturated carbocycles. The van der Waals surface area contributed by atoms with Gasteiger partial charge < -0.3 is 4.90 Å². The van der Waals surface area contributed by atoms with Crippen LogP contribution in [0.15, 0.2) is 22.2 Å². The molecule has 0 unspecified atom stereocenters. The lowest BCUT2D eigenvalue weighted by Crippen LogP contribution is -2.45. The average Bonchev–Trinajstić information content (AvgIpc) is 2.90. The summed E-state index contributed by atoms with van der Waals surface area (Å²) < 4.78 is 1.27. The number of nitrogens with one attached hydrogen (secondary N) is 1. The van der Waals surface area contributed by atoms with E-state index in [1.807, 2.05) is 0 Å². The molecule has 1 aliphatic rings. The first-order chi connectivity index (χ1) is 9.72. The fourth-order valence-electron chi connectivity index (χ4n) is 2.23. The number of hydrogen-bond acceptors (Lipinski definition) is 6. The van der Waals surface area contributed by atoms with Crippen LogP contribution < -0.4 is 5.69 Å². The second-order valence-corrected chi connectivity index (χ2v) is 6.03. The third-order valence-corrected chi connectivity index (χ3v) is 4.34. The van der Waals surface area contributed by atoms with E-state index >= 15 is 0 Å². The largest absolute Gasteiger partial charge is 0.350 e. The number of fused-ring (bicyclic) bond motifs is 1. The Bertz CT molecular complexity index is 630. The highest BCUT2D eigenvalue weighted by molar-refractivity contribution is 7.99. The van der Waals surface area contributed by atoms with Gasteiger partial charge in [0.25, 0.3) is 0 Å². The van der Waals surface area contributed by atoms with E-state index in [1.54, 1.807) is 24.0 Å². The van der Waals surface area contributed by atoms with Crippen LogP contribution in [0.5, 0.6) is 0 Å². The van der Waals surface area contributed by atoms with E-state index in [9.17, 15) is 4.79 Å². The number of rotatable bonds is 4. The maximum atomic E-state index is 11.7. The first kappa shape index (κ1) is 13.6. The fourth-order valence-corrected chi connectivity index (χ4v) is 3.09. The number of piperazine rings is 1. The molecule has 1 aliphatic heterocycles. The molecule has 7 nitrogen and oxygen atoms in total. The van der Waals surface area contributed by atoms with E-state index in [0.717, 1.165) is 38.5 Å². The van der Waals surface area contributed by atoms with E-state index in [2.05, 4.69) is 31.9 Å². The molecule has 0 bridgehead atoms. The molecule has 0 atom stereocenters. The Morgan fingerprint density at radius 2 is 2.15 bits per heavy atom. The van der Waals surface area contributed by atoms with E-state index in [1.165, 1.54) is 4.52 Å². The van der Waals surface area contributed by atoms with Crippen molar-refractivity contribution in [3.05, 3.63) is 22.7 Å². The highest BCUT2D eigenvalue weighted by Gasteiger charge is 2.13. The van der Waals surface area contributed by atoms with Crippen LogP contribution in [0.1, 0.15) is 0 Å². The molecule has 3 heterocycles. The zero-order chi connectivity index (χ0) is 13.9. The molecule has 2 aromatic heterocycles. The molecule has 2 aromatic rings. The first-order valence-electron chi connectivity index (χ1n) is 6.70. The predicted molar refractivity (Wildman–Crippen MR) is 78.3 cm³/mol. The van der Waals surface area contributed by atoms with Crippen LogP contribution in [0.2, 0.25) is 0 Å². The number of aromatic amines is 1. The Kier molecular flexibility index (Phi) is 4.04. The first-order valence-corrected chi connectivity index (χ1v) is 7.69. The summed E-state index contributed by atoms with van der Waals surface area (Å²) in [5.41, 5.74) is 0.359. The van der Waals surface area contributed by atoms with Gasteiger partial charge in [0.05, 0.1) is 6.20 Å². The molecule has 0 aliphatic carbocycles. The summed E-state index contributed by atoms with van der Waals surface area (Å²) in [6.07, 6.45) is 1.58. The second-order valence-electron chi connectivity index (χ2n) is 4.94. The van der Waals surface area contributed by atoms with Gasteiger partial charge in [0.2, 0.25) is 0 Å². The molecular formula is C12H18N6OS. The van der Waals surface area contributed by atoms with E-state index in [0.29, 0.717) is 10.8 Å². The lowest BCUT2D eigenvalue weighted by Gasteiger charge is -2.32. The van der Waals surface area contributed by atoms with Crippen molar-refractivity contribution in [2.24, 2.45) is 0 Å². The summed E-state index contributed by atoms with van der Waals surface area (Å²) in [6.45, 7) is 5.50. The number of likely N-dealkylation sites (N-methyl/N-ethyl adjacent to an activating group) is 1. The minimum atomic E-state index is -0.234. The zero-order valence-electron chi connectivity index (χ0n) is 11.4. The van der Waals surface area contributed by atoms with Gasteiger partial charge in [0.1, 0.15) is 0 Å². The Hall–Kier alpha value is -1.38. The highest BCUT2D eigenvalue weighted by Crippen LogP contribution is 2.12. The third kappa shape index (κ3) is 3.02. The summed E-state index contributed by atoms with van der Waals surface area (Å²) in [4.78, 5) is 23.7. The zero-order valence-corrected chi connectivity index (χ0v) is 12.3. The molecule has 0 aromatic carbocycles. The van der Waals surface area contributed by atoms with Crippen molar-refractivity contribution < 1.29 is 0 Å². The van der Waals surface area contributed by atoms with Crippen molar-refractivity contribution in [3.8, 4) is 0 Å². The topological polar surface area (TPSA) is 69.5 Å². The average molecular weight is 294 g/mol. The van der Waals surface area contributed by atoms with Crippen molar-refractivity contribution in [1.29, 1.82) is 0 Å². The number of aromatic nitrogens is 4. The summed E-state index contributed by atoms with van der Waals surface area (Å²) in [5.74, 6) is 0.928. The van der Waals surface area contributed by atoms with Gasteiger partial charge in [-0.3, -0.25) is 9.88 Å². The molecule has 108 valence electrons. The van der Waals surface area contributed by atoms with Gasteiger partial charge in [0, 0.05) is 44.5 Å². The molecule has 0 radical (unpaired) electrons. The van der Waals surface area contributed by atoms with Crippen molar-refractivity contribution in [3.63, 3.8) is 0 Å². The smallest absolute Gasteiger partial charge is 0.304 e. The van der Waals surface area contributed by atoms with Gasteiger partial charge in [-0.25, -0.2) is 9.78 Å². The lowest BCUT2D eigenvalue weighted by molar-refractivity contribution is 0.161. The van der Waals surface area contributed by atoms with E-state index < -0.39 is 0 Å². The van der Waals surface area contributed by atoms with Crippen molar-refractivity contribution in [2.45, 2.75) is 5.16 Å². The van der Waals surface area contributed by atoms with Crippen LogP contribution in [0, 0.1) is 0 Å². The van der Waals surface area contributed by atoms with Crippen molar-refractivity contribution in [2.75, 3.05) is 45.5 Å². The maximum Gasteiger partial charge on any atom is 0.350 e. The van der Waals surface area contributed by atoms with Crippen LogP contribution in [-0.4, -0.2) is 74.9 Å². The van der Waals surface area contributed by atoms with Crippen LogP contribution in [-0.2, 0) is 0 Å². The summed E-state index contributed by atoms with van der Waals surface area (Å²) in [5, 5.41) is 4.57. The molecule has 0 spiro atoms. The quantitative estimate of drug-likeness (QED) is 0.785. The van der Waals surface area contributed by atoms with Crippen LogP contribution in [0.3, 0.4) is 0 Å². The minimum Gasteiger partial charge on any atom is -0.304 e. The number of nitrogens with zero attached hydrogens (tertiary/aromatic N) is 5. The van der Waals surface area contributed by atoms with Gasteiger partial charge in [-0.2, -0.15) is 9.61 Å². The lowest BCUT2D eigenvalue weighted by atomic mass is 10.3. The molecule has 1 fully saturated rings. The van der Waals surface area contributed by atoms with E-state index in [4.69, 9.17) is 0 Å². The summed E-state index contributed by atoms with van der Waals surface area (Å²) in [6, 6.07) is 1.74. The molecule has 1 saturated heterocycles. The Balaban J connectivity index is 1.56. The van der Waals surface area contributed by atoms with Gasteiger partial charge >= 0.3 is 5.69 Å². The molecule has 20 heavy (non-hydrogen) atoms. The predicted octanol–water partition coefficient (Wildman–Crippen LogP) is -0.243. The second kappa shape index (κ2) is 5.94. The summed E-state index contributed by atoms with van der Waals surface area (Å²) in [7, 11) is 2.15. The monoisotopic (exact) mass is 294 g/mol.